The lowest BCUT2D eigenvalue weighted by Crippen LogP contribution is -2.40. The fourth-order valence-electron chi connectivity index (χ4n) is 2.84. The van der Waals surface area contributed by atoms with Crippen LogP contribution < -0.4 is 4.74 Å². The van der Waals surface area contributed by atoms with E-state index in [-0.39, 0.29) is 24.2 Å². The fourth-order valence-corrected chi connectivity index (χ4v) is 4.61. The molecule has 2 heterocycles. The van der Waals surface area contributed by atoms with Gasteiger partial charge in [0.1, 0.15) is 12.4 Å². The highest BCUT2D eigenvalue weighted by Crippen LogP contribution is 2.26. The molecule has 1 fully saturated rings. The highest BCUT2D eigenvalue weighted by molar-refractivity contribution is 7.91. The summed E-state index contributed by atoms with van der Waals surface area (Å²) in [6.07, 6.45) is 2.09. The van der Waals surface area contributed by atoms with E-state index in [4.69, 9.17) is 9.47 Å². The Morgan fingerprint density at radius 1 is 1.32 bits per heavy atom. The summed E-state index contributed by atoms with van der Waals surface area (Å²) in [4.78, 5) is 25.6. The lowest BCUT2D eigenvalue weighted by molar-refractivity contribution is -0.149. The molecule has 0 aromatic heterocycles. The van der Waals surface area contributed by atoms with Gasteiger partial charge in [-0.05, 0) is 18.6 Å². The maximum absolute atomic E-state index is 12.1. The van der Waals surface area contributed by atoms with E-state index in [0.29, 0.717) is 17.7 Å². The minimum Gasteiger partial charge on any atom is -0.488 e. The summed E-state index contributed by atoms with van der Waals surface area (Å²) >= 11 is 0. The van der Waals surface area contributed by atoms with Gasteiger partial charge in [-0.1, -0.05) is 18.2 Å². The minimum absolute atomic E-state index is 0.0427. The first kappa shape index (κ1) is 17.5. The molecule has 3 rings (SSSR count). The van der Waals surface area contributed by atoms with Crippen molar-refractivity contribution in [2.24, 2.45) is 0 Å². The fraction of sp³-hybridized carbons (Fsp3) is 0.412. The second-order valence-electron chi connectivity index (χ2n) is 6.13. The van der Waals surface area contributed by atoms with Crippen molar-refractivity contribution < 1.29 is 27.5 Å². The number of sulfone groups is 1. The molecule has 2 aliphatic rings. The number of likely N-dealkylation sites (N-methyl/N-ethyl adjacent to an activating group) is 1. The van der Waals surface area contributed by atoms with E-state index in [0.717, 1.165) is 5.56 Å². The number of amides is 1. The van der Waals surface area contributed by atoms with Crippen LogP contribution in [-0.4, -0.2) is 63.0 Å². The molecule has 0 bridgehead atoms. The summed E-state index contributed by atoms with van der Waals surface area (Å²) in [6, 6.07) is 6.94. The van der Waals surface area contributed by atoms with Crippen molar-refractivity contribution in [1.82, 2.24) is 4.90 Å². The minimum atomic E-state index is -3.08. The predicted molar refractivity (Wildman–Crippen MR) is 90.7 cm³/mol. The first-order valence-electron chi connectivity index (χ1n) is 7.91. The van der Waals surface area contributed by atoms with E-state index in [9.17, 15) is 18.0 Å². The number of para-hydroxylation sites is 1. The first-order valence-corrected chi connectivity index (χ1v) is 9.73. The number of esters is 1. The zero-order chi connectivity index (χ0) is 18.0. The van der Waals surface area contributed by atoms with Crippen LogP contribution in [0.2, 0.25) is 0 Å². The van der Waals surface area contributed by atoms with Crippen molar-refractivity contribution in [1.29, 1.82) is 0 Å². The van der Waals surface area contributed by atoms with E-state index < -0.39 is 28.3 Å². The Kier molecular flexibility index (Phi) is 4.80. The summed E-state index contributed by atoms with van der Waals surface area (Å²) in [5.74, 6) is -0.307. The molecule has 1 atom stereocenters. The van der Waals surface area contributed by atoms with Crippen LogP contribution in [0, 0.1) is 0 Å². The Hall–Kier alpha value is -2.35. The van der Waals surface area contributed by atoms with Crippen molar-refractivity contribution in [3.63, 3.8) is 0 Å². The van der Waals surface area contributed by atoms with Crippen molar-refractivity contribution in [3.05, 3.63) is 35.4 Å². The van der Waals surface area contributed by atoms with Gasteiger partial charge in [-0.3, -0.25) is 4.79 Å². The van der Waals surface area contributed by atoms with Gasteiger partial charge in [-0.15, -0.1) is 0 Å². The third-order valence-electron chi connectivity index (χ3n) is 4.37. The number of hydrogen-bond acceptors (Lipinski definition) is 6. The lowest BCUT2D eigenvalue weighted by atomic mass is 10.1. The Balaban J connectivity index is 1.56. The topological polar surface area (TPSA) is 90.0 Å². The van der Waals surface area contributed by atoms with Gasteiger partial charge in [0.2, 0.25) is 0 Å². The Labute approximate surface area is 146 Å². The molecule has 134 valence electrons. The number of carbonyl (C=O) groups is 2. The number of fused-ring (bicyclic) bond motifs is 1. The first-order chi connectivity index (χ1) is 11.9. The molecular weight excluding hydrogens is 346 g/mol. The van der Waals surface area contributed by atoms with Gasteiger partial charge in [0.15, 0.2) is 16.4 Å². The summed E-state index contributed by atoms with van der Waals surface area (Å²) < 4.78 is 33.5. The Morgan fingerprint density at radius 3 is 2.80 bits per heavy atom. The summed E-state index contributed by atoms with van der Waals surface area (Å²) in [7, 11) is -1.55. The van der Waals surface area contributed by atoms with Crippen LogP contribution in [0.25, 0.3) is 6.08 Å². The van der Waals surface area contributed by atoms with Crippen LogP contribution in [0.15, 0.2) is 29.8 Å². The monoisotopic (exact) mass is 365 g/mol. The molecule has 0 radical (unpaired) electrons. The third-order valence-corrected chi connectivity index (χ3v) is 6.12. The van der Waals surface area contributed by atoms with Gasteiger partial charge in [-0.25, -0.2) is 13.2 Å². The summed E-state index contributed by atoms with van der Waals surface area (Å²) in [6.45, 7) is -0.342. The number of hydrogen-bond donors (Lipinski definition) is 0. The summed E-state index contributed by atoms with van der Waals surface area (Å²) in [5, 5.41) is 0. The molecule has 0 spiro atoms. The van der Waals surface area contributed by atoms with Gasteiger partial charge < -0.3 is 14.4 Å². The quantitative estimate of drug-likeness (QED) is 0.728. The van der Waals surface area contributed by atoms with Crippen molar-refractivity contribution >= 4 is 27.8 Å². The molecule has 25 heavy (non-hydrogen) atoms. The Morgan fingerprint density at radius 2 is 2.08 bits per heavy atom. The van der Waals surface area contributed by atoms with Crippen LogP contribution in [0.3, 0.4) is 0 Å². The summed E-state index contributed by atoms with van der Waals surface area (Å²) in [5.41, 5.74) is 1.11. The highest BCUT2D eigenvalue weighted by Gasteiger charge is 2.33. The van der Waals surface area contributed by atoms with Gasteiger partial charge >= 0.3 is 5.97 Å². The molecule has 1 aromatic carbocycles. The largest absolute Gasteiger partial charge is 0.488 e. The average molecular weight is 365 g/mol. The van der Waals surface area contributed by atoms with Gasteiger partial charge in [-0.2, -0.15) is 0 Å². The number of benzene rings is 1. The number of ether oxygens (including phenoxy) is 2. The van der Waals surface area contributed by atoms with E-state index in [1.54, 1.807) is 6.08 Å². The van der Waals surface area contributed by atoms with E-state index >= 15 is 0 Å². The molecular formula is C17H19NO6S. The number of carbonyl (C=O) groups excluding carboxylic acids is 2. The maximum Gasteiger partial charge on any atom is 0.338 e. The van der Waals surface area contributed by atoms with Crippen LogP contribution in [0.1, 0.15) is 12.0 Å². The third kappa shape index (κ3) is 4.01. The molecule has 0 saturated carbocycles. The van der Waals surface area contributed by atoms with Crippen molar-refractivity contribution in [2.75, 3.05) is 31.8 Å². The number of nitrogens with zero attached hydrogens (tertiary/aromatic N) is 1. The van der Waals surface area contributed by atoms with E-state index in [1.165, 1.54) is 11.9 Å². The normalized spacial score (nSPS) is 20.8. The van der Waals surface area contributed by atoms with E-state index in [2.05, 4.69) is 0 Å². The van der Waals surface area contributed by atoms with E-state index in [1.807, 2.05) is 24.3 Å². The standard InChI is InChI=1S/C17H19NO6S/c1-18(14-6-7-25(21,22)11-14)16(19)10-24-17(20)13-8-12-4-2-3-5-15(12)23-9-13/h2-5,8,14H,6-7,9-11H2,1H3/t14-/m0/s1. The molecule has 8 heteroatoms. The van der Waals surface area contributed by atoms with Crippen molar-refractivity contribution in [3.8, 4) is 5.75 Å². The highest BCUT2D eigenvalue weighted by atomic mass is 32.2. The molecule has 1 saturated heterocycles. The van der Waals surface area contributed by atoms with Crippen LogP contribution >= 0.6 is 0 Å². The predicted octanol–water partition coefficient (Wildman–Crippen LogP) is 0.651. The maximum atomic E-state index is 12.1. The molecule has 0 unspecified atom stereocenters. The molecule has 1 aromatic rings. The lowest BCUT2D eigenvalue weighted by Gasteiger charge is -2.23. The zero-order valence-electron chi connectivity index (χ0n) is 13.8. The van der Waals surface area contributed by atoms with Crippen LogP contribution in [0.5, 0.6) is 5.75 Å². The number of rotatable bonds is 4. The second kappa shape index (κ2) is 6.87. The molecule has 1 amide bonds. The molecule has 2 aliphatic heterocycles. The molecule has 0 aliphatic carbocycles. The van der Waals surface area contributed by atoms with Gasteiger partial charge in [0, 0.05) is 18.7 Å². The van der Waals surface area contributed by atoms with Crippen LogP contribution in [0.4, 0.5) is 0 Å². The molecule has 7 nitrogen and oxygen atoms in total. The second-order valence-corrected chi connectivity index (χ2v) is 8.36. The van der Waals surface area contributed by atoms with Gasteiger partial charge in [0.25, 0.3) is 5.91 Å². The van der Waals surface area contributed by atoms with Gasteiger partial charge in [0.05, 0.1) is 17.1 Å². The Bertz CT molecular complexity index is 829. The smallest absolute Gasteiger partial charge is 0.338 e. The average Bonchev–Trinajstić information content (AvgIpc) is 2.98. The zero-order valence-corrected chi connectivity index (χ0v) is 14.6. The van der Waals surface area contributed by atoms with Crippen LogP contribution in [-0.2, 0) is 24.2 Å². The molecule has 0 N–H and O–H groups in total. The van der Waals surface area contributed by atoms with Crippen molar-refractivity contribution in [2.45, 2.75) is 12.5 Å². The SMILES string of the molecule is CN(C(=O)COC(=O)C1=Cc2ccccc2OC1)[C@H]1CCS(=O)(=O)C1.